The zero-order valence-corrected chi connectivity index (χ0v) is 13.5. The predicted molar refractivity (Wildman–Crippen MR) is 82.5 cm³/mol. The number of benzene rings is 2. The maximum Gasteiger partial charge on any atom is 0.241 e. The first kappa shape index (κ1) is 17.0. The van der Waals surface area contributed by atoms with E-state index in [1.807, 2.05) is 35.9 Å². The van der Waals surface area contributed by atoms with Gasteiger partial charge in [-0.2, -0.15) is 0 Å². The molecule has 0 bridgehead atoms. The van der Waals surface area contributed by atoms with Gasteiger partial charge in [-0.25, -0.2) is 13.1 Å². The zero-order chi connectivity index (χ0) is 17.0. The number of carboxylic acids is 1. The number of ether oxygens (including phenoxy) is 1. The van der Waals surface area contributed by atoms with E-state index in [1.165, 1.54) is 31.2 Å². The molecule has 1 atom stereocenters. The van der Waals surface area contributed by atoms with Crippen molar-refractivity contribution in [2.45, 2.75) is 24.8 Å². The monoisotopic (exact) mass is 334 g/mol. The maximum absolute atomic E-state index is 12.0. The van der Waals surface area contributed by atoms with Crippen LogP contribution in [0.1, 0.15) is 12.5 Å². The van der Waals surface area contributed by atoms with Gasteiger partial charge in [-0.1, -0.05) is 18.2 Å². The van der Waals surface area contributed by atoms with Gasteiger partial charge in [0.2, 0.25) is 10.0 Å². The van der Waals surface area contributed by atoms with Crippen LogP contribution in [0.2, 0.25) is 0 Å². The van der Waals surface area contributed by atoms with Crippen molar-refractivity contribution < 1.29 is 23.1 Å². The lowest BCUT2D eigenvalue weighted by molar-refractivity contribution is -0.307. The fourth-order valence-corrected chi connectivity index (χ4v) is 3.03. The fraction of sp³-hybridized carbons (Fsp3) is 0.188. The summed E-state index contributed by atoms with van der Waals surface area (Å²) < 4.78 is 31.8. The van der Waals surface area contributed by atoms with Crippen LogP contribution in [0.15, 0.2) is 53.4 Å². The Balaban J connectivity index is 2.16. The van der Waals surface area contributed by atoms with Crippen LogP contribution in [-0.4, -0.2) is 20.4 Å². The molecule has 0 fully saturated rings. The third-order valence-corrected chi connectivity index (χ3v) is 4.70. The van der Waals surface area contributed by atoms with E-state index in [1.54, 1.807) is 0 Å². The number of hydrogen-bond donors (Lipinski definition) is 1. The summed E-state index contributed by atoms with van der Waals surface area (Å²) in [4.78, 5) is 10.6. The second kappa shape index (κ2) is 6.80. The Labute approximate surface area is 134 Å². The first-order valence-electron chi connectivity index (χ1n) is 6.86. The molecule has 0 aromatic heterocycles. The third kappa shape index (κ3) is 4.30. The molecule has 0 aliphatic heterocycles. The Morgan fingerprint density at radius 3 is 2.30 bits per heavy atom. The molecule has 0 spiro atoms. The van der Waals surface area contributed by atoms with Gasteiger partial charge in [0, 0.05) is 0 Å². The molecule has 0 amide bonds. The van der Waals surface area contributed by atoms with E-state index in [9.17, 15) is 18.3 Å². The summed E-state index contributed by atoms with van der Waals surface area (Å²) in [5.41, 5.74) is 0.952. The summed E-state index contributed by atoms with van der Waals surface area (Å²) in [6, 6.07) is 11.8. The average molecular weight is 334 g/mol. The molecule has 0 saturated heterocycles. The summed E-state index contributed by atoms with van der Waals surface area (Å²) in [6.07, 6.45) is 0. The van der Waals surface area contributed by atoms with Crippen LogP contribution < -0.4 is 14.6 Å². The molecule has 2 aromatic rings. The lowest BCUT2D eigenvalue weighted by Gasteiger charge is -2.15. The number of sulfonamides is 1. The van der Waals surface area contributed by atoms with Gasteiger partial charge in [-0.15, -0.1) is 0 Å². The number of hydrogen-bond acceptors (Lipinski definition) is 5. The molecule has 0 heterocycles. The molecule has 2 aromatic carbocycles. The van der Waals surface area contributed by atoms with Gasteiger partial charge in [-0.05, 0) is 49.7 Å². The first-order valence-corrected chi connectivity index (χ1v) is 8.34. The topological polar surface area (TPSA) is 95.5 Å². The number of carbonyl (C=O) groups is 1. The van der Waals surface area contributed by atoms with Crippen molar-refractivity contribution in [1.82, 2.24) is 4.72 Å². The number of nitrogens with one attached hydrogen (secondary N) is 1. The number of carbonyl (C=O) groups excluding carboxylic acids is 1. The highest BCUT2D eigenvalue weighted by Crippen LogP contribution is 2.25. The second-order valence-corrected chi connectivity index (χ2v) is 6.71. The SMILES string of the molecule is Cc1ccccc1Oc1ccc(S(=O)(=O)N[C@H](C)C(=O)[O-])cc1. The number of rotatable bonds is 6. The molecular weight excluding hydrogens is 318 g/mol. The molecule has 7 heteroatoms. The molecule has 23 heavy (non-hydrogen) atoms. The molecule has 122 valence electrons. The molecule has 6 nitrogen and oxygen atoms in total. The van der Waals surface area contributed by atoms with Gasteiger partial charge in [-0.3, -0.25) is 0 Å². The van der Waals surface area contributed by atoms with E-state index in [0.717, 1.165) is 5.56 Å². The fourth-order valence-electron chi connectivity index (χ4n) is 1.83. The van der Waals surface area contributed by atoms with Crippen molar-refractivity contribution in [3.8, 4) is 11.5 Å². The quantitative estimate of drug-likeness (QED) is 0.856. The van der Waals surface area contributed by atoms with Crippen molar-refractivity contribution in [3.05, 3.63) is 54.1 Å². The molecule has 0 aliphatic rings. The smallest absolute Gasteiger partial charge is 0.241 e. The minimum Gasteiger partial charge on any atom is -0.548 e. The van der Waals surface area contributed by atoms with E-state index < -0.39 is 22.0 Å². The van der Waals surface area contributed by atoms with Crippen molar-refractivity contribution in [2.75, 3.05) is 0 Å². The molecule has 0 aliphatic carbocycles. The van der Waals surface area contributed by atoms with Gasteiger partial charge < -0.3 is 14.6 Å². The van der Waals surface area contributed by atoms with E-state index in [2.05, 4.69) is 0 Å². The normalized spacial score (nSPS) is 12.6. The summed E-state index contributed by atoms with van der Waals surface area (Å²) in [5.74, 6) is -0.342. The largest absolute Gasteiger partial charge is 0.548 e. The molecule has 0 unspecified atom stereocenters. The minimum absolute atomic E-state index is 0.0530. The van der Waals surface area contributed by atoms with Gasteiger partial charge >= 0.3 is 0 Å². The Morgan fingerprint density at radius 1 is 1.13 bits per heavy atom. The lowest BCUT2D eigenvalue weighted by atomic mass is 10.2. The van der Waals surface area contributed by atoms with E-state index in [0.29, 0.717) is 11.5 Å². The highest BCUT2D eigenvalue weighted by Gasteiger charge is 2.17. The number of para-hydroxylation sites is 1. The molecule has 1 N–H and O–H groups in total. The van der Waals surface area contributed by atoms with E-state index in [4.69, 9.17) is 4.74 Å². The van der Waals surface area contributed by atoms with Crippen LogP contribution >= 0.6 is 0 Å². The maximum atomic E-state index is 12.0. The van der Waals surface area contributed by atoms with E-state index >= 15 is 0 Å². The zero-order valence-electron chi connectivity index (χ0n) is 12.6. The Bertz CT molecular complexity index is 799. The highest BCUT2D eigenvalue weighted by molar-refractivity contribution is 7.89. The summed E-state index contributed by atoms with van der Waals surface area (Å²) >= 11 is 0. The third-order valence-electron chi connectivity index (χ3n) is 3.14. The van der Waals surface area contributed by atoms with Crippen molar-refractivity contribution in [3.63, 3.8) is 0 Å². The number of aliphatic carboxylic acids is 1. The second-order valence-electron chi connectivity index (χ2n) is 5.00. The molecule has 0 radical (unpaired) electrons. The summed E-state index contributed by atoms with van der Waals surface area (Å²) in [5, 5.41) is 10.6. The minimum atomic E-state index is -3.93. The van der Waals surface area contributed by atoms with E-state index in [-0.39, 0.29) is 4.90 Å². The van der Waals surface area contributed by atoms with Crippen molar-refractivity contribution in [2.24, 2.45) is 0 Å². The van der Waals surface area contributed by atoms with Crippen LogP contribution in [0, 0.1) is 6.92 Å². The van der Waals surface area contributed by atoms with Gasteiger partial charge in [0.15, 0.2) is 0 Å². The summed E-state index contributed by atoms with van der Waals surface area (Å²) in [6.45, 7) is 3.10. The Hall–Kier alpha value is -2.38. The molecular formula is C16H16NO5S-. The summed E-state index contributed by atoms with van der Waals surface area (Å²) in [7, 11) is -3.93. The van der Waals surface area contributed by atoms with Crippen LogP contribution in [-0.2, 0) is 14.8 Å². The standard InChI is InChI=1S/C16H17NO5S/c1-11-5-3-4-6-15(11)22-13-7-9-14(10-8-13)23(20,21)17-12(2)16(18)19/h3-10,12,17H,1-2H3,(H,18,19)/p-1/t12-/m1/s1. The van der Waals surface area contributed by atoms with Crippen molar-refractivity contribution >= 4 is 16.0 Å². The highest BCUT2D eigenvalue weighted by atomic mass is 32.2. The van der Waals surface area contributed by atoms with Crippen LogP contribution in [0.25, 0.3) is 0 Å². The van der Waals surface area contributed by atoms with Gasteiger partial charge in [0.25, 0.3) is 0 Å². The molecule has 0 saturated carbocycles. The Morgan fingerprint density at radius 2 is 1.74 bits per heavy atom. The Kier molecular flexibility index (Phi) is 5.02. The number of aryl methyl sites for hydroxylation is 1. The lowest BCUT2D eigenvalue weighted by Crippen LogP contribution is -2.45. The van der Waals surface area contributed by atoms with Gasteiger partial charge in [0.1, 0.15) is 11.5 Å². The average Bonchev–Trinajstić information content (AvgIpc) is 2.49. The first-order chi connectivity index (χ1) is 10.8. The van der Waals surface area contributed by atoms with Gasteiger partial charge in [0.05, 0.1) is 16.9 Å². The molecule has 2 rings (SSSR count). The van der Waals surface area contributed by atoms with Crippen molar-refractivity contribution in [1.29, 1.82) is 0 Å². The number of carboxylic acid groups (broad SMARTS) is 1. The van der Waals surface area contributed by atoms with Crippen LogP contribution in [0.3, 0.4) is 0 Å². The van der Waals surface area contributed by atoms with Crippen LogP contribution in [0.4, 0.5) is 0 Å². The van der Waals surface area contributed by atoms with Crippen LogP contribution in [0.5, 0.6) is 11.5 Å². The predicted octanol–water partition coefficient (Wildman–Crippen LogP) is 1.20.